The van der Waals surface area contributed by atoms with Gasteiger partial charge < -0.3 is 20.7 Å². The van der Waals surface area contributed by atoms with Crippen LogP contribution in [0.1, 0.15) is 5.56 Å². The quantitative estimate of drug-likeness (QED) is 0.280. The van der Waals surface area contributed by atoms with E-state index in [0.29, 0.717) is 16.5 Å². The summed E-state index contributed by atoms with van der Waals surface area (Å²) in [5.74, 6) is -0.374. The highest BCUT2D eigenvalue weighted by molar-refractivity contribution is 7.14. The Hall–Kier alpha value is -4.12. The van der Waals surface area contributed by atoms with Gasteiger partial charge in [-0.25, -0.2) is 9.78 Å². The lowest BCUT2D eigenvalue weighted by atomic mass is 10.2. The minimum Gasteiger partial charge on any atom is -0.406 e. The van der Waals surface area contributed by atoms with Gasteiger partial charge in [-0.1, -0.05) is 6.07 Å². The van der Waals surface area contributed by atoms with Crippen molar-refractivity contribution in [3.63, 3.8) is 0 Å². The van der Waals surface area contributed by atoms with E-state index in [4.69, 9.17) is 0 Å². The van der Waals surface area contributed by atoms with Crippen LogP contribution in [0.3, 0.4) is 0 Å². The van der Waals surface area contributed by atoms with Gasteiger partial charge in [-0.3, -0.25) is 4.98 Å². The van der Waals surface area contributed by atoms with Crippen molar-refractivity contribution < 1.29 is 22.7 Å². The van der Waals surface area contributed by atoms with Gasteiger partial charge in [0.2, 0.25) is 0 Å². The fourth-order valence-electron chi connectivity index (χ4n) is 2.96. The van der Waals surface area contributed by atoms with E-state index in [0.717, 1.165) is 34.6 Å². The first-order valence-corrected chi connectivity index (χ1v) is 10.8. The lowest BCUT2D eigenvalue weighted by Gasteiger charge is -2.12. The van der Waals surface area contributed by atoms with Gasteiger partial charge in [0.1, 0.15) is 5.75 Å². The number of amides is 2. The maximum Gasteiger partial charge on any atom is 0.573 e. The minimum absolute atomic E-state index is 0.309. The average Bonchev–Trinajstić information content (AvgIpc) is 3.26. The van der Waals surface area contributed by atoms with E-state index < -0.39 is 12.4 Å². The van der Waals surface area contributed by atoms with Crippen molar-refractivity contribution in [3.8, 4) is 17.0 Å². The predicted octanol–water partition coefficient (Wildman–Crippen LogP) is 6.80. The van der Waals surface area contributed by atoms with Crippen molar-refractivity contribution in [1.82, 2.24) is 9.97 Å². The number of hydrogen-bond acceptors (Lipinski definition) is 6. The normalized spacial score (nSPS) is 11.1. The van der Waals surface area contributed by atoms with Crippen LogP contribution < -0.4 is 20.7 Å². The number of aryl methyl sites for hydroxylation is 1. The molecular formula is C23H18F3N5O2S. The van der Waals surface area contributed by atoms with Gasteiger partial charge in [-0.15, -0.1) is 24.5 Å². The van der Waals surface area contributed by atoms with Gasteiger partial charge in [-0.2, -0.15) is 0 Å². The molecule has 0 aliphatic heterocycles. The predicted molar refractivity (Wildman–Crippen MR) is 126 cm³/mol. The highest BCUT2D eigenvalue weighted by Crippen LogP contribution is 2.29. The number of pyridine rings is 1. The Bertz CT molecular complexity index is 1280. The summed E-state index contributed by atoms with van der Waals surface area (Å²) in [5, 5.41) is 11.1. The van der Waals surface area contributed by atoms with Crippen LogP contribution in [0.15, 0.2) is 72.4 Å². The monoisotopic (exact) mass is 485 g/mol. The van der Waals surface area contributed by atoms with Crippen LogP contribution in [0.5, 0.6) is 5.75 Å². The first kappa shape index (κ1) is 23.1. The van der Waals surface area contributed by atoms with Crippen LogP contribution in [-0.2, 0) is 0 Å². The Morgan fingerprint density at radius 1 is 1.03 bits per heavy atom. The van der Waals surface area contributed by atoms with E-state index in [1.165, 1.54) is 23.5 Å². The van der Waals surface area contributed by atoms with Crippen molar-refractivity contribution in [2.75, 3.05) is 16.0 Å². The molecule has 11 heteroatoms. The highest BCUT2D eigenvalue weighted by atomic mass is 32.1. The number of rotatable bonds is 6. The minimum atomic E-state index is -4.78. The molecule has 0 aliphatic rings. The first-order valence-electron chi connectivity index (χ1n) is 9.92. The molecule has 0 bridgehead atoms. The largest absolute Gasteiger partial charge is 0.573 e. The van der Waals surface area contributed by atoms with Gasteiger partial charge >= 0.3 is 12.4 Å². The van der Waals surface area contributed by atoms with Gasteiger partial charge in [0.25, 0.3) is 0 Å². The molecule has 2 aromatic carbocycles. The summed E-state index contributed by atoms with van der Waals surface area (Å²) < 4.78 is 40.6. The number of alkyl halides is 3. The Morgan fingerprint density at radius 3 is 2.47 bits per heavy atom. The van der Waals surface area contributed by atoms with Gasteiger partial charge in [0.15, 0.2) is 5.13 Å². The molecule has 174 valence electrons. The summed E-state index contributed by atoms with van der Waals surface area (Å²) in [4.78, 5) is 21.0. The number of ether oxygens (including phenoxy) is 1. The maximum atomic E-state index is 12.3. The zero-order valence-corrected chi connectivity index (χ0v) is 18.5. The van der Waals surface area contributed by atoms with E-state index in [-0.39, 0.29) is 5.75 Å². The third-order valence-corrected chi connectivity index (χ3v) is 5.30. The lowest BCUT2D eigenvalue weighted by Crippen LogP contribution is -2.20. The standard InChI is InChI=1S/C23H18F3N5O2S/c1-14-4-5-17(29-21(32)28-16-6-8-18(9-7-16)33-23(24,25)26)11-19(14)30-22-31-20(13-34-22)15-3-2-10-27-12-15/h2-13H,1H3,(H,30,31)(H2,28,29,32). The SMILES string of the molecule is Cc1ccc(NC(=O)Nc2ccc(OC(F)(F)F)cc2)cc1Nc1nc(-c2cccnc2)cs1. The Kier molecular flexibility index (Phi) is 6.64. The molecular weight excluding hydrogens is 467 g/mol. The first-order chi connectivity index (χ1) is 16.2. The van der Waals surface area contributed by atoms with Crippen molar-refractivity contribution in [2.24, 2.45) is 0 Å². The Morgan fingerprint density at radius 2 is 1.76 bits per heavy atom. The molecule has 4 rings (SSSR count). The smallest absolute Gasteiger partial charge is 0.406 e. The number of anilines is 4. The molecule has 2 heterocycles. The molecule has 0 radical (unpaired) electrons. The van der Waals surface area contributed by atoms with E-state index in [1.807, 2.05) is 30.5 Å². The van der Waals surface area contributed by atoms with Crippen LogP contribution in [-0.4, -0.2) is 22.4 Å². The van der Waals surface area contributed by atoms with E-state index in [2.05, 4.69) is 30.7 Å². The molecule has 0 atom stereocenters. The third-order valence-electron chi connectivity index (χ3n) is 4.54. The summed E-state index contributed by atoms with van der Waals surface area (Å²) in [6.07, 6.45) is -1.34. The third kappa shape index (κ3) is 6.23. The molecule has 0 fully saturated rings. The second-order valence-corrected chi connectivity index (χ2v) is 7.94. The Balaban J connectivity index is 1.39. The second-order valence-electron chi connectivity index (χ2n) is 7.09. The van der Waals surface area contributed by atoms with E-state index >= 15 is 0 Å². The second kappa shape index (κ2) is 9.79. The molecule has 4 aromatic rings. The highest BCUT2D eigenvalue weighted by Gasteiger charge is 2.30. The number of thiazole rings is 1. The van der Waals surface area contributed by atoms with E-state index in [9.17, 15) is 18.0 Å². The van der Waals surface area contributed by atoms with Crippen molar-refractivity contribution >= 4 is 39.6 Å². The van der Waals surface area contributed by atoms with Crippen LogP contribution in [0.25, 0.3) is 11.3 Å². The molecule has 2 aromatic heterocycles. The number of nitrogens with zero attached hydrogens (tertiary/aromatic N) is 2. The molecule has 34 heavy (non-hydrogen) atoms. The van der Waals surface area contributed by atoms with Crippen LogP contribution in [0, 0.1) is 6.92 Å². The Labute approximate surface area is 196 Å². The lowest BCUT2D eigenvalue weighted by molar-refractivity contribution is -0.274. The summed E-state index contributed by atoms with van der Waals surface area (Å²) >= 11 is 1.44. The summed E-state index contributed by atoms with van der Waals surface area (Å²) in [5.41, 5.74) is 4.25. The molecule has 0 spiro atoms. The fourth-order valence-corrected chi connectivity index (χ4v) is 3.69. The molecule has 0 saturated carbocycles. The number of carbonyl (C=O) groups excluding carboxylic acids is 1. The molecule has 3 N–H and O–H groups in total. The van der Waals surface area contributed by atoms with Gasteiger partial charge in [-0.05, 0) is 61.0 Å². The summed E-state index contributed by atoms with van der Waals surface area (Å²) in [7, 11) is 0. The zero-order valence-electron chi connectivity index (χ0n) is 17.7. The zero-order chi connectivity index (χ0) is 24.1. The number of benzene rings is 2. The van der Waals surface area contributed by atoms with Crippen LogP contribution >= 0.6 is 11.3 Å². The van der Waals surface area contributed by atoms with Gasteiger partial charge in [0.05, 0.1) is 5.69 Å². The molecule has 7 nitrogen and oxygen atoms in total. The van der Waals surface area contributed by atoms with Crippen molar-refractivity contribution in [1.29, 1.82) is 0 Å². The van der Waals surface area contributed by atoms with Crippen molar-refractivity contribution in [3.05, 3.63) is 77.9 Å². The number of hydrogen-bond donors (Lipinski definition) is 3. The molecule has 2 amide bonds. The van der Waals surface area contributed by atoms with Crippen LogP contribution in [0.4, 0.5) is 40.2 Å². The number of halogens is 3. The number of nitrogens with one attached hydrogen (secondary N) is 3. The number of aromatic nitrogens is 2. The number of carbonyl (C=O) groups is 1. The molecule has 0 aliphatic carbocycles. The number of urea groups is 1. The molecule has 0 unspecified atom stereocenters. The average molecular weight is 485 g/mol. The summed E-state index contributed by atoms with van der Waals surface area (Å²) in [6, 6.07) is 13.4. The van der Waals surface area contributed by atoms with Crippen LogP contribution in [0.2, 0.25) is 0 Å². The fraction of sp³-hybridized carbons (Fsp3) is 0.0870. The topological polar surface area (TPSA) is 88.2 Å². The molecule has 0 saturated heterocycles. The summed E-state index contributed by atoms with van der Waals surface area (Å²) in [6.45, 7) is 1.92. The van der Waals surface area contributed by atoms with Gasteiger partial charge in [0, 0.05) is 40.4 Å². The van der Waals surface area contributed by atoms with Crippen molar-refractivity contribution in [2.45, 2.75) is 13.3 Å². The maximum absolute atomic E-state index is 12.3. The van der Waals surface area contributed by atoms with E-state index in [1.54, 1.807) is 24.5 Å².